The van der Waals surface area contributed by atoms with Crippen LogP contribution in [0.25, 0.3) is 0 Å². The third kappa shape index (κ3) is 1.80. The smallest absolute Gasteiger partial charge is 0.339 e. The monoisotopic (exact) mass is 215 g/mol. The van der Waals surface area contributed by atoms with Crippen molar-refractivity contribution in [3.05, 3.63) is 33.9 Å². The van der Waals surface area contributed by atoms with Crippen LogP contribution in [-0.4, -0.2) is 16.0 Å². The summed E-state index contributed by atoms with van der Waals surface area (Å²) in [6.07, 6.45) is 0. The maximum Gasteiger partial charge on any atom is 0.339 e. The van der Waals surface area contributed by atoms with E-state index in [0.717, 1.165) is 0 Å². The van der Waals surface area contributed by atoms with E-state index >= 15 is 0 Å². The fraction of sp³-hybridized carbons (Fsp3) is 0. The Bertz CT molecular complexity index is 359. The zero-order valence-corrected chi connectivity index (χ0v) is 7.99. The van der Waals surface area contributed by atoms with Gasteiger partial charge in [0.15, 0.2) is 0 Å². The summed E-state index contributed by atoms with van der Waals surface area (Å²) in [5.41, 5.74) is -0.617. The number of nitrogens with zero attached hydrogens (tertiary/aromatic N) is 1. The Balaban J connectivity index is 3.39. The molecule has 1 aromatic carbocycles. The molecule has 1 rings (SSSR count). The molecule has 7 heteroatoms. The van der Waals surface area contributed by atoms with E-state index in [0.29, 0.717) is 0 Å². The Hall–Kier alpha value is -1.68. The molecular formula is C7H6NO5P. The maximum atomic E-state index is 10.6. The van der Waals surface area contributed by atoms with Crippen molar-refractivity contribution in [2.24, 2.45) is 0 Å². The van der Waals surface area contributed by atoms with E-state index in [2.05, 4.69) is 4.52 Å². The van der Waals surface area contributed by atoms with E-state index in [4.69, 9.17) is 5.11 Å². The molecule has 0 heterocycles. The second kappa shape index (κ2) is 4.02. The number of carbonyl (C=O) groups is 1. The van der Waals surface area contributed by atoms with Crippen LogP contribution in [0, 0.1) is 10.1 Å². The van der Waals surface area contributed by atoms with Gasteiger partial charge in [0.05, 0.1) is 14.4 Å². The lowest BCUT2D eigenvalue weighted by molar-refractivity contribution is -0.385. The number of benzene rings is 1. The third-order valence-corrected chi connectivity index (χ3v) is 1.77. The van der Waals surface area contributed by atoms with Gasteiger partial charge in [-0.15, -0.1) is 0 Å². The molecule has 74 valence electrons. The summed E-state index contributed by atoms with van der Waals surface area (Å²) in [5.74, 6) is -1.54. The highest BCUT2D eigenvalue weighted by Crippen LogP contribution is 2.32. The second-order valence-corrected chi connectivity index (χ2v) is 2.57. The molecule has 1 atom stereocenters. The Labute approximate surface area is 80.9 Å². The lowest BCUT2D eigenvalue weighted by atomic mass is 10.2. The van der Waals surface area contributed by atoms with Gasteiger partial charge in [-0.3, -0.25) is 10.1 Å². The van der Waals surface area contributed by atoms with E-state index in [1.165, 1.54) is 18.2 Å². The van der Waals surface area contributed by atoms with Crippen molar-refractivity contribution in [2.75, 3.05) is 0 Å². The summed E-state index contributed by atoms with van der Waals surface area (Å²) in [6, 6.07) is 3.69. The van der Waals surface area contributed by atoms with Crippen molar-refractivity contribution in [2.45, 2.75) is 0 Å². The molecule has 14 heavy (non-hydrogen) atoms. The van der Waals surface area contributed by atoms with Crippen LogP contribution in [0.2, 0.25) is 0 Å². The van der Waals surface area contributed by atoms with Crippen molar-refractivity contribution in [3.8, 4) is 5.75 Å². The molecule has 1 N–H and O–H groups in total. The molecule has 0 bridgehead atoms. The number of rotatable bonds is 3. The predicted molar refractivity (Wildman–Crippen MR) is 50.4 cm³/mol. The second-order valence-electron chi connectivity index (χ2n) is 2.33. The number of nitro groups is 1. The molecule has 0 amide bonds. The Morgan fingerprint density at radius 3 is 2.64 bits per heavy atom. The number of hydrogen-bond donors (Lipinski definition) is 1. The first kappa shape index (κ1) is 10.4. The van der Waals surface area contributed by atoms with E-state index in [1.54, 1.807) is 9.47 Å². The van der Waals surface area contributed by atoms with E-state index in [-0.39, 0.29) is 17.0 Å². The van der Waals surface area contributed by atoms with Crippen LogP contribution in [0.15, 0.2) is 18.2 Å². The van der Waals surface area contributed by atoms with Crippen LogP contribution >= 0.6 is 9.47 Å². The lowest BCUT2D eigenvalue weighted by Gasteiger charge is -2.03. The minimum atomic E-state index is -1.27. The summed E-state index contributed by atoms with van der Waals surface area (Å²) in [5, 5.41) is 19.2. The number of hydrogen-bond acceptors (Lipinski definition) is 4. The highest BCUT2D eigenvalue weighted by molar-refractivity contribution is 7.10. The molecule has 0 aromatic heterocycles. The highest BCUT2D eigenvalue weighted by Gasteiger charge is 2.21. The van der Waals surface area contributed by atoms with Crippen molar-refractivity contribution < 1.29 is 19.3 Å². The first-order chi connectivity index (χ1) is 6.57. The quantitative estimate of drug-likeness (QED) is 0.468. The zero-order valence-electron chi connectivity index (χ0n) is 6.84. The first-order valence-electron chi connectivity index (χ1n) is 3.45. The summed E-state index contributed by atoms with van der Waals surface area (Å²) in [4.78, 5) is 20.4. The first-order valence-corrected chi connectivity index (χ1v) is 3.92. The number of carboxylic acid groups (broad SMARTS) is 1. The Kier molecular flexibility index (Phi) is 2.99. The van der Waals surface area contributed by atoms with Crippen molar-refractivity contribution >= 4 is 21.1 Å². The van der Waals surface area contributed by atoms with Gasteiger partial charge in [-0.25, -0.2) is 4.79 Å². The summed E-state index contributed by atoms with van der Waals surface area (Å²) in [6.45, 7) is 0. The molecule has 0 radical (unpaired) electrons. The molecule has 0 spiro atoms. The van der Waals surface area contributed by atoms with Crippen LogP contribution in [0.1, 0.15) is 10.4 Å². The molecule has 1 unspecified atom stereocenters. The molecule has 6 nitrogen and oxygen atoms in total. The fourth-order valence-electron chi connectivity index (χ4n) is 0.961. The van der Waals surface area contributed by atoms with Gasteiger partial charge >= 0.3 is 11.7 Å². The maximum absolute atomic E-state index is 10.6. The molecule has 0 saturated carbocycles. The number of aromatic carboxylic acids is 1. The van der Waals surface area contributed by atoms with E-state index in [1.807, 2.05) is 0 Å². The summed E-state index contributed by atoms with van der Waals surface area (Å²) in [7, 11) is 1.78. The van der Waals surface area contributed by atoms with Crippen LogP contribution in [-0.2, 0) is 0 Å². The average Bonchev–Trinajstić information content (AvgIpc) is 2.16. The topological polar surface area (TPSA) is 89.7 Å². The number of para-hydroxylation sites is 1. The molecule has 0 aliphatic heterocycles. The van der Waals surface area contributed by atoms with Crippen molar-refractivity contribution in [3.63, 3.8) is 0 Å². The largest absolute Gasteiger partial charge is 0.478 e. The lowest BCUT2D eigenvalue weighted by Crippen LogP contribution is -2.01. The molecule has 1 aromatic rings. The van der Waals surface area contributed by atoms with Gasteiger partial charge in [0.2, 0.25) is 5.75 Å². The number of nitro benzene ring substituents is 1. The van der Waals surface area contributed by atoms with Gasteiger partial charge < -0.3 is 9.63 Å². The van der Waals surface area contributed by atoms with Crippen LogP contribution in [0.3, 0.4) is 0 Å². The minimum Gasteiger partial charge on any atom is -0.478 e. The van der Waals surface area contributed by atoms with Gasteiger partial charge in [0.1, 0.15) is 5.56 Å². The SMILES string of the molecule is O=C(O)c1cccc([N+](=O)[O-])c1OP. The molecule has 0 saturated heterocycles. The molecule has 0 fully saturated rings. The standard InChI is InChI=1S/C7H6NO5P/c9-7(10)4-2-1-3-5(8(11)12)6(4)13-14/h1-3H,14H2,(H,9,10). The minimum absolute atomic E-state index is 0.241. The average molecular weight is 215 g/mol. The van der Waals surface area contributed by atoms with Gasteiger partial charge in [-0.1, -0.05) is 6.07 Å². The Morgan fingerprint density at radius 2 is 2.21 bits per heavy atom. The third-order valence-electron chi connectivity index (χ3n) is 1.54. The van der Waals surface area contributed by atoms with Gasteiger partial charge in [0.25, 0.3) is 0 Å². The number of carboxylic acids is 1. The zero-order chi connectivity index (χ0) is 10.7. The summed E-state index contributed by atoms with van der Waals surface area (Å²) >= 11 is 0. The van der Waals surface area contributed by atoms with Gasteiger partial charge in [0, 0.05) is 6.07 Å². The fourth-order valence-corrected chi connectivity index (χ4v) is 1.21. The molecule has 0 aliphatic carbocycles. The van der Waals surface area contributed by atoms with Crippen LogP contribution in [0.4, 0.5) is 5.69 Å². The normalized spacial score (nSPS) is 9.50. The van der Waals surface area contributed by atoms with Gasteiger partial charge in [-0.05, 0) is 6.07 Å². The predicted octanol–water partition coefficient (Wildman–Crippen LogP) is 1.46. The highest BCUT2D eigenvalue weighted by atomic mass is 31.0. The Morgan fingerprint density at radius 1 is 1.57 bits per heavy atom. The molecule has 0 aliphatic rings. The van der Waals surface area contributed by atoms with Crippen molar-refractivity contribution in [1.82, 2.24) is 0 Å². The summed E-state index contributed by atoms with van der Waals surface area (Å²) < 4.78 is 4.59. The van der Waals surface area contributed by atoms with E-state index < -0.39 is 10.9 Å². The van der Waals surface area contributed by atoms with E-state index in [9.17, 15) is 14.9 Å². The van der Waals surface area contributed by atoms with Gasteiger partial charge in [-0.2, -0.15) is 0 Å². The molecular weight excluding hydrogens is 209 g/mol. The van der Waals surface area contributed by atoms with Crippen LogP contribution in [0.5, 0.6) is 5.75 Å². The van der Waals surface area contributed by atoms with Crippen LogP contribution < -0.4 is 4.52 Å². The van der Waals surface area contributed by atoms with Crippen molar-refractivity contribution in [1.29, 1.82) is 0 Å².